The van der Waals surface area contributed by atoms with Gasteiger partial charge in [-0.15, -0.1) is 0 Å². The third-order valence-electron chi connectivity index (χ3n) is 6.87. The number of fused-ring (bicyclic) bond motifs is 4. The summed E-state index contributed by atoms with van der Waals surface area (Å²) in [6.07, 6.45) is -2.21. The van der Waals surface area contributed by atoms with Crippen LogP contribution >= 0.6 is 0 Å². The van der Waals surface area contributed by atoms with E-state index in [9.17, 15) is 18.0 Å². The standard InChI is InChI=1S/C25H24F4N6O/c1-24(2)9-18-12(5-6-20(32-18)25(27,28)29)19(10-24)34(3)23(36)13-7-14-17(8-16(13)26)33-22(30)15-11-31-35(4)21(14)15/h5-8,11,19H,9-10H2,1-4H3,(H2,30,33)/t19-/m0/s1. The van der Waals surface area contributed by atoms with Crippen molar-refractivity contribution < 1.29 is 22.4 Å². The van der Waals surface area contributed by atoms with Crippen molar-refractivity contribution in [3.05, 3.63) is 58.8 Å². The van der Waals surface area contributed by atoms with Crippen LogP contribution in [0.25, 0.3) is 21.8 Å². The topological polar surface area (TPSA) is 89.9 Å². The maximum Gasteiger partial charge on any atom is 0.433 e. The Morgan fingerprint density at radius 1 is 1.19 bits per heavy atom. The summed E-state index contributed by atoms with van der Waals surface area (Å²) in [6, 6.07) is 4.31. The van der Waals surface area contributed by atoms with Crippen LogP contribution in [0.5, 0.6) is 0 Å². The van der Waals surface area contributed by atoms with Crippen LogP contribution in [0.1, 0.15) is 53.6 Å². The summed E-state index contributed by atoms with van der Waals surface area (Å²) in [5.41, 5.74) is 6.15. The number of hydrogen-bond donors (Lipinski definition) is 1. The first-order valence-electron chi connectivity index (χ1n) is 11.3. The van der Waals surface area contributed by atoms with E-state index in [1.807, 2.05) is 13.8 Å². The lowest BCUT2D eigenvalue weighted by atomic mass is 9.73. The summed E-state index contributed by atoms with van der Waals surface area (Å²) < 4.78 is 56.6. The van der Waals surface area contributed by atoms with Gasteiger partial charge in [-0.05, 0) is 36.0 Å². The fraction of sp³-hybridized carbons (Fsp3) is 0.360. The van der Waals surface area contributed by atoms with E-state index >= 15 is 4.39 Å². The van der Waals surface area contributed by atoms with Gasteiger partial charge < -0.3 is 10.6 Å². The minimum atomic E-state index is -4.57. The molecule has 1 atom stereocenters. The molecule has 7 nitrogen and oxygen atoms in total. The first-order valence-corrected chi connectivity index (χ1v) is 11.3. The van der Waals surface area contributed by atoms with Gasteiger partial charge in [0.05, 0.1) is 34.2 Å². The fourth-order valence-corrected chi connectivity index (χ4v) is 5.09. The number of nitrogen functional groups attached to an aromatic ring is 1. The number of aromatic nitrogens is 4. The van der Waals surface area contributed by atoms with Crippen LogP contribution in [0.4, 0.5) is 23.4 Å². The maximum absolute atomic E-state index is 15.2. The van der Waals surface area contributed by atoms with E-state index in [1.54, 1.807) is 17.9 Å². The summed E-state index contributed by atoms with van der Waals surface area (Å²) in [6.45, 7) is 3.82. The molecule has 1 aliphatic rings. The smallest absolute Gasteiger partial charge is 0.383 e. The van der Waals surface area contributed by atoms with Crippen molar-refractivity contribution in [1.29, 1.82) is 0 Å². The molecule has 3 heterocycles. The molecule has 2 N–H and O–H groups in total. The van der Waals surface area contributed by atoms with E-state index in [2.05, 4.69) is 15.1 Å². The van der Waals surface area contributed by atoms with Crippen LogP contribution < -0.4 is 5.73 Å². The molecule has 0 saturated carbocycles. The minimum Gasteiger partial charge on any atom is -0.383 e. The lowest BCUT2D eigenvalue weighted by Crippen LogP contribution is -2.39. The van der Waals surface area contributed by atoms with E-state index in [4.69, 9.17) is 5.73 Å². The Balaban J connectivity index is 1.60. The Hall–Kier alpha value is -3.76. The SMILES string of the molecule is CN(C(=O)c1cc2c(cc1F)nc(N)c1cnn(C)c12)[C@H]1CC(C)(C)Cc2nc(C(F)(F)F)ccc21. The second kappa shape index (κ2) is 7.87. The Labute approximate surface area is 203 Å². The lowest BCUT2D eigenvalue weighted by molar-refractivity contribution is -0.141. The van der Waals surface area contributed by atoms with Gasteiger partial charge in [0.15, 0.2) is 0 Å². The summed E-state index contributed by atoms with van der Waals surface area (Å²) in [5, 5.41) is 5.29. The number of halogens is 4. The molecule has 0 unspecified atom stereocenters. The third kappa shape index (κ3) is 3.82. The molecule has 4 aromatic rings. The highest BCUT2D eigenvalue weighted by atomic mass is 19.4. The molecule has 188 valence electrons. The number of carbonyl (C=O) groups is 1. The molecule has 3 aromatic heterocycles. The molecule has 36 heavy (non-hydrogen) atoms. The van der Waals surface area contributed by atoms with Gasteiger partial charge >= 0.3 is 6.18 Å². The highest BCUT2D eigenvalue weighted by molar-refractivity contribution is 6.10. The predicted molar refractivity (Wildman–Crippen MR) is 127 cm³/mol. The summed E-state index contributed by atoms with van der Waals surface area (Å²) in [7, 11) is 3.24. The monoisotopic (exact) mass is 500 g/mol. The number of alkyl halides is 3. The van der Waals surface area contributed by atoms with E-state index in [0.717, 1.165) is 12.1 Å². The number of nitrogens with two attached hydrogens (primary N) is 1. The van der Waals surface area contributed by atoms with E-state index in [-0.39, 0.29) is 16.9 Å². The van der Waals surface area contributed by atoms with Crippen LogP contribution in [0, 0.1) is 11.2 Å². The number of nitrogens with zero attached hydrogens (tertiary/aromatic N) is 5. The maximum atomic E-state index is 15.2. The van der Waals surface area contributed by atoms with Gasteiger partial charge in [-0.1, -0.05) is 19.9 Å². The van der Waals surface area contributed by atoms with Crippen molar-refractivity contribution >= 4 is 33.5 Å². The van der Waals surface area contributed by atoms with Gasteiger partial charge in [0.1, 0.15) is 17.3 Å². The fourth-order valence-electron chi connectivity index (χ4n) is 5.09. The van der Waals surface area contributed by atoms with Crippen LogP contribution in [-0.4, -0.2) is 37.6 Å². The molecule has 0 saturated heterocycles. The molecule has 0 bridgehead atoms. The third-order valence-corrected chi connectivity index (χ3v) is 6.87. The van der Waals surface area contributed by atoms with E-state index in [1.165, 1.54) is 24.1 Å². The predicted octanol–water partition coefficient (Wildman–Crippen LogP) is 5.04. The highest BCUT2D eigenvalue weighted by Gasteiger charge is 2.40. The largest absolute Gasteiger partial charge is 0.433 e. The van der Waals surface area contributed by atoms with Crippen molar-refractivity contribution in [3.8, 4) is 0 Å². The second-order valence-electron chi connectivity index (χ2n) is 10.1. The average molecular weight is 501 g/mol. The Morgan fingerprint density at radius 2 is 1.92 bits per heavy atom. The molecule has 11 heteroatoms. The number of benzene rings is 1. The van der Waals surface area contributed by atoms with E-state index in [0.29, 0.717) is 40.4 Å². The first kappa shape index (κ1) is 24.0. The molecule has 1 aliphatic carbocycles. The number of hydrogen-bond acceptors (Lipinski definition) is 5. The van der Waals surface area contributed by atoms with Crippen LogP contribution in [0.2, 0.25) is 0 Å². The number of pyridine rings is 2. The molecule has 5 rings (SSSR count). The first-order chi connectivity index (χ1) is 16.8. The Kier molecular flexibility index (Phi) is 5.24. The van der Waals surface area contributed by atoms with Crippen LogP contribution in [-0.2, 0) is 19.6 Å². The van der Waals surface area contributed by atoms with Crippen molar-refractivity contribution in [1.82, 2.24) is 24.6 Å². The molecule has 1 amide bonds. The molecule has 0 fully saturated rings. The van der Waals surface area contributed by atoms with Gasteiger partial charge in [-0.2, -0.15) is 18.3 Å². The quantitative estimate of drug-likeness (QED) is 0.390. The minimum absolute atomic E-state index is 0.177. The molecular weight excluding hydrogens is 476 g/mol. The van der Waals surface area contributed by atoms with Crippen molar-refractivity contribution in [2.45, 2.75) is 38.9 Å². The van der Waals surface area contributed by atoms with Gasteiger partial charge in [0, 0.05) is 31.2 Å². The molecular formula is C25H24F4N6O. The normalized spacial score (nSPS) is 17.4. The lowest BCUT2D eigenvalue weighted by Gasteiger charge is -2.40. The Bertz CT molecular complexity index is 1540. The average Bonchev–Trinajstić information content (AvgIpc) is 3.18. The number of amides is 1. The van der Waals surface area contributed by atoms with E-state index < -0.39 is 35.1 Å². The molecule has 0 radical (unpaired) electrons. The zero-order valence-corrected chi connectivity index (χ0v) is 20.1. The summed E-state index contributed by atoms with van der Waals surface area (Å²) in [5.74, 6) is -1.17. The van der Waals surface area contributed by atoms with Gasteiger partial charge in [0.2, 0.25) is 0 Å². The van der Waals surface area contributed by atoms with Crippen LogP contribution in [0.3, 0.4) is 0 Å². The molecule has 0 aliphatic heterocycles. The van der Waals surface area contributed by atoms with Crippen molar-refractivity contribution in [3.63, 3.8) is 0 Å². The zero-order chi connectivity index (χ0) is 26.2. The summed E-state index contributed by atoms with van der Waals surface area (Å²) in [4.78, 5) is 23.1. The number of rotatable bonds is 2. The number of carbonyl (C=O) groups excluding carboxylic acids is 1. The molecule has 0 spiro atoms. The molecule has 1 aromatic carbocycles. The van der Waals surface area contributed by atoms with Gasteiger partial charge in [-0.3, -0.25) is 9.48 Å². The van der Waals surface area contributed by atoms with Gasteiger partial charge in [0.25, 0.3) is 5.91 Å². The van der Waals surface area contributed by atoms with Crippen molar-refractivity contribution in [2.75, 3.05) is 12.8 Å². The number of anilines is 1. The second-order valence-corrected chi connectivity index (χ2v) is 10.1. The van der Waals surface area contributed by atoms with Gasteiger partial charge in [-0.25, -0.2) is 14.4 Å². The Morgan fingerprint density at radius 3 is 2.61 bits per heavy atom. The van der Waals surface area contributed by atoms with Crippen LogP contribution in [0.15, 0.2) is 30.5 Å². The zero-order valence-electron chi connectivity index (χ0n) is 20.1. The van der Waals surface area contributed by atoms with Crippen molar-refractivity contribution in [2.24, 2.45) is 12.5 Å². The highest BCUT2D eigenvalue weighted by Crippen LogP contribution is 2.44. The number of aryl methyl sites for hydroxylation is 1. The summed E-state index contributed by atoms with van der Waals surface area (Å²) >= 11 is 0.